The minimum Gasteiger partial charge on any atom is -0.330 e. The van der Waals surface area contributed by atoms with E-state index in [1.165, 1.54) is 0 Å². The van der Waals surface area contributed by atoms with Gasteiger partial charge in [-0.3, -0.25) is 9.48 Å². The summed E-state index contributed by atoms with van der Waals surface area (Å²) in [6, 6.07) is 0. The Morgan fingerprint density at radius 1 is 1.59 bits per heavy atom. The van der Waals surface area contributed by atoms with Crippen LogP contribution in [0, 0.1) is 11.8 Å². The molecule has 4 nitrogen and oxygen atoms in total. The number of aryl methyl sites for hydroxylation is 1. The standard InChI is InChI=1S/C12H20BrN3O/c1-4-16-11(10(13)7-15-16)12(17)9(6-14)5-8(2)3/h7-9H,4-6,14H2,1-3H3. The molecule has 0 saturated heterocycles. The number of hydrogen-bond acceptors (Lipinski definition) is 3. The maximum atomic E-state index is 12.4. The first-order valence-corrected chi connectivity index (χ1v) is 6.76. The number of halogens is 1. The first-order valence-electron chi connectivity index (χ1n) is 5.96. The molecule has 0 radical (unpaired) electrons. The summed E-state index contributed by atoms with van der Waals surface area (Å²) in [4.78, 5) is 12.4. The van der Waals surface area contributed by atoms with Crippen molar-refractivity contribution in [3.8, 4) is 0 Å². The van der Waals surface area contributed by atoms with Crippen molar-refractivity contribution in [3.63, 3.8) is 0 Å². The number of nitrogens with zero attached hydrogens (tertiary/aromatic N) is 2. The lowest BCUT2D eigenvalue weighted by atomic mass is 9.92. The predicted octanol–water partition coefficient (Wildman–Crippen LogP) is 2.47. The van der Waals surface area contributed by atoms with Gasteiger partial charge < -0.3 is 5.73 Å². The second kappa shape index (κ2) is 6.31. The van der Waals surface area contributed by atoms with Crippen LogP contribution >= 0.6 is 15.9 Å². The zero-order valence-electron chi connectivity index (χ0n) is 10.6. The van der Waals surface area contributed by atoms with Gasteiger partial charge in [-0.1, -0.05) is 13.8 Å². The Balaban J connectivity index is 2.97. The molecule has 2 N–H and O–H groups in total. The summed E-state index contributed by atoms with van der Waals surface area (Å²) in [6.45, 7) is 7.24. The topological polar surface area (TPSA) is 60.9 Å². The largest absolute Gasteiger partial charge is 0.330 e. The van der Waals surface area contributed by atoms with E-state index in [0.717, 1.165) is 10.9 Å². The van der Waals surface area contributed by atoms with Crippen molar-refractivity contribution in [1.29, 1.82) is 0 Å². The summed E-state index contributed by atoms with van der Waals surface area (Å²) in [7, 11) is 0. The van der Waals surface area contributed by atoms with Crippen LogP contribution in [0.5, 0.6) is 0 Å². The molecule has 1 rings (SSSR count). The molecule has 0 saturated carbocycles. The summed E-state index contributed by atoms with van der Waals surface area (Å²) in [5, 5.41) is 4.16. The van der Waals surface area contributed by atoms with Crippen LogP contribution in [0.15, 0.2) is 10.7 Å². The third-order valence-corrected chi connectivity index (χ3v) is 3.32. The third kappa shape index (κ3) is 3.39. The zero-order valence-corrected chi connectivity index (χ0v) is 12.2. The molecule has 17 heavy (non-hydrogen) atoms. The van der Waals surface area contributed by atoms with E-state index in [9.17, 15) is 4.79 Å². The van der Waals surface area contributed by atoms with Crippen LogP contribution in [0.1, 0.15) is 37.7 Å². The molecule has 0 aromatic carbocycles. The molecule has 5 heteroatoms. The number of Topliss-reactive ketones (excluding diaryl/α,β-unsaturated/α-hetero) is 1. The van der Waals surface area contributed by atoms with Gasteiger partial charge in [0.1, 0.15) is 5.69 Å². The van der Waals surface area contributed by atoms with Gasteiger partial charge in [0.05, 0.1) is 10.7 Å². The number of carbonyl (C=O) groups is 1. The van der Waals surface area contributed by atoms with Crippen LogP contribution in [-0.2, 0) is 6.54 Å². The van der Waals surface area contributed by atoms with Gasteiger partial charge in [0.2, 0.25) is 0 Å². The molecule has 1 atom stereocenters. The van der Waals surface area contributed by atoms with Crippen LogP contribution in [0.2, 0.25) is 0 Å². The van der Waals surface area contributed by atoms with Gasteiger partial charge >= 0.3 is 0 Å². The quantitative estimate of drug-likeness (QED) is 0.821. The molecular weight excluding hydrogens is 282 g/mol. The van der Waals surface area contributed by atoms with Crippen molar-refractivity contribution in [2.24, 2.45) is 17.6 Å². The van der Waals surface area contributed by atoms with E-state index in [0.29, 0.717) is 24.7 Å². The van der Waals surface area contributed by atoms with Gasteiger partial charge in [-0.05, 0) is 35.2 Å². The minimum atomic E-state index is -0.117. The smallest absolute Gasteiger partial charge is 0.186 e. The molecule has 0 aliphatic heterocycles. The fourth-order valence-corrected chi connectivity index (χ4v) is 2.41. The van der Waals surface area contributed by atoms with Crippen LogP contribution < -0.4 is 5.73 Å². The number of ketones is 1. The Morgan fingerprint density at radius 2 is 2.24 bits per heavy atom. The summed E-state index contributed by atoms with van der Waals surface area (Å²) in [5.74, 6) is 0.435. The van der Waals surface area contributed by atoms with Crippen molar-refractivity contribution in [2.45, 2.75) is 33.7 Å². The van der Waals surface area contributed by atoms with Crippen LogP contribution in [0.3, 0.4) is 0 Å². The summed E-state index contributed by atoms with van der Waals surface area (Å²) >= 11 is 3.38. The maximum Gasteiger partial charge on any atom is 0.186 e. The molecule has 1 aromatic rings. The summed E-state index contributed by atoms with van der Waals surface area (Å²) in [5.41, 5.74) is 6.35. The van der Waals surface area contributed by atoms with E-state index in [1.54, 1.807) is 10.9 Å². The van der Waals surface area contributed by atoms with E-state index < -0.39 is 0 Å². The fraction of sp³-hybridized carbons (Fsp3) is 0.667. The van der Waals surface area contributed by atoms with E-state index in [2.05, 4.69) is 34.9 Å². The lowest BCUT2D eigenvalue weighted by Gasteiger charge is -2.16. The summed E-state index contributed by atoms with van der Waals surface area (Å²) < 4.78 is 2.47. The van der Waals surface area contributed by atoms with Gasteiger partial charge in [-0.2, -0.15) is 5.10 Å². The predicted molar refractivity (Wildman–Crippen MR) is 71.9 cm³/mol. The first-order chi connectivity index (χ1) is 8.01. The Labute approximate surface area is 111 Å². The van der Waals surface area contributed by atoms with Gasteiger partial charge in [-0.15, -0.1) is 0 Å². The van der Waals surface area contributed by atoms with Crippen molar-refractivity contribution in [1.82, 2.24) is 9.78 Å². The highest BCUT2D eigenvalue weighted by atomic mass is 79.9. The highest BCUT2D eigenvalue weighted by molar-refractivity contribution is 9.10. The molecular formula is C12H20BrN3O. The highest BCUT2D eigenvalue weighted by Gasteiger charge is 2.25. The van der Waals surface area contributed by atoms with Crippen LogP contribution in [-0.4, -0.2) is 22.1 Å². The average Bonchev–Trinajstić information content (AvgIpc) is 2.66. The van der Waals surface area contributed by atoms with Crippen molar-refractivity contribution in [2.75, 3.05) is 6.54 Å². The van der Waals surface area contributed by atoms with Gasteiger partial charge in [0.25, 0.3) is 0 Å². The molecule has 1 heterocycles. The second-order valence-electron chi connectivity index (χ2n) is 4.58. The first kappa shape index (κ1) is 14.4. The van der Waals surface area contributed by atoms with Crippen molar-refractivity contribution < 1.29 is 4.79 Å². The average molecular weight is 302 g/mol. The second-order valence-corrected chi connectivity index (χ2v) is 5.44. The van der Waals surface area contributed by atoms with Gasteiger partial charge in [0, 0.05) is 19.0 Å². The normalized spacial score (nSPS) is 13.1. The number of carbonyl (C=O) groups excluding carboxylic acids is 1. The molecule has 0 spiro atoms. The molecule has 0 aliphatic rings. The fourth-order valence-electron chi connectivity index (χ4n) is 1.92. The van der Waals surface area contributed by atoms with Crippen molar-refractivity contribution >= 4 is 21.7 Å². The molecule has 0 fully saturated rings. The Morgan fingerprint density at radius 3 is 2.71 bits per heavy atom. The number of nitrogens with two attached hydrogens (primary N) is 1. The number of rotatable bonds is 6. The van der Waals surface area contributed by atoms with E-state index in [1.807, 2.05) is 6.92 Å². The Hall–Kier alpha value is -0.680. The lowest BCUT2D eigenvalue weighted by Crippen LogP contribution is -2.27. The van der Waals surface area contributed by atoms with Gasteiger partial charge in [0.15, 0.2) is 5.78 Å². The summed E-state index contributed by atoms with van der Waals surface area (Å²) in [6.07, 6.45) is 2.48. The number of aromatic nitrogens is 2. The molecule has 1 aromatic heterocycles. The molecule has 96 valence electrons. The van der Waals surface area contributed by atoms with E-state index >= 15 is 0 Å². The van der Waals surface area contributed by atoms with Crippen LogP contribution in [0.25, 0.3) is 0 Å². The molecule has 0 amide bonds. The minimum absolute atomic E-state index is 0.0902. The monoisotopic (exact) mass is 301 g/mol. The highest BCUT2D eigenvalue weighted by Crippen LogP contribution is 2.22. The Kier molecular flexibility index (Phi) is 5.33. The number of hydrogen-bond donors (Lipinski definition) is 1. The SMILES string of the molecule is CCn1ncc(Br)c1C(=O)C(CN)CC(C)C. The lowest BCUT2D eigenvalue weighted by molar-refractivity contribution is 0.0897. The molecule has 0 bridgehead atoms. The zero-order chi connectivity index (χ0) is 13.0. The van der Waals surface area contributed by atoms with Crippen LogP contribution in [0.4, 0.5) is 0 Å². The van der Waals surface area contributed by atoms with E-state index in [-0.39, 0.29) is 11.7 Å². The van der Waals surface area contributed by atoms with E-state index in [4.69, 9.17) is 5.73 Å². The molecule has 1 unspecified atom stereocenters. The maximum absolute atomic E-state index is 12.4. The third-order valence-electron chi connectivity index (χ3n) is 2.74. The van der Waals surface area contributed by atoms with Gasteiger partial charge in [-0.25, -0.2) is 0 Å². The molecule has 0 aliphatic carbocycles. The van der Waals surface area contributed by atoms with Crippen molar-refractivity contribution in [3.05, 3.63) is 16.4 Å². The Bertz CT molecular complexity index is 387.